The molecule has 0 bridgehead atoms. The van der Waals surface area contributed by atoms with E-state index >= 15 is 0 Å². The zero-order chi connectivity index (χ0) is 12.7. The Labute approximate surface area is 99.1 Å². The third-order valence-corrected chi connectivity index (χ3v) is 2.17. The molecule has 6 nitrogen and oxygen atoms in total. The first-order valence-corrected chi connectivity index (χ1v) is 5.25. The Kier molecular flexibility index (Phi) is 4.93. The molecule has 2 amide bonds. The van der Waals surface area contributed by atoms with Gasteiger partial charge < -0.3 is 15.7 Å². The number of amides is 2. The third kappa shape index (κ3) is 4.96. The van der Waals surface area contributed by atoms with E-state index in [-0.39, 0.29) is 0 Å². The van der Waals surface area contributed by atoms with Crippen LogP contribution in [0.5, 0.6) is 0 Å². The van der Waals surface area contributed by atoms with Gasteiger partial charge in [0.2, 0.25) is 0 Å². The maximum Gasteiger partial charge on any atom is 0.325 e. The van der Waals surface area contributed by atoms with Gasteiger partial charge in [-0.25, -0.2) is 4.79 Å². The summed E-state index contributed by atoms with van der Waals surface area (Å²) in [5, 5.41) is 13.5. The van der Waals surface area contributed by atoms with Crippen molar-refractivity contribution in [3.63, 3.8) is 0 Å². The van der Waals surface area contributed by atoms with Gasteiger partial charge in [0, 0.05) is 18.9 Å². The molecule has 0 aromatic carbocycles. The molecule has 0 saturated carbocycles. The lowest BCUT2D eigenvalue weighted by molar-refractivity contribution is -0.138. The number of carboxylic acids is 1. The molecule has 0 saturated heterocycles. The topological polar surface area (TPSA) is 91.3 Å². The Morgan fingerprint density at radius 1 is 1.41 bits per heavy atom. The van der Waals surface area contributed by atoms with Crippen LogP contribution in [0.1, 0.15) is 12.5 Å². The number of hydrogen-bond donors (Lipinski definition) is 3. The van der Waals surface area contributed by atoms with Crippen LogP contribution in [0.4, 0.5) is 4.79 Å². The van der Waals surface area contributed by atoms with Crippen molar-refractivity contribution in [2.75, 3.05) is 6.54 Å². The normalized spacial score (nSPS) is 11.6. The third-order valence-electron chi connectivity index (χ3n) is 2.17. The van der Waals surface area contributed by atoms with E-state index in [0.717, 1.165) is 5.56 Å². The molecular weight excluding hydrogens is 222 g/mol. The molecule has 17 heavy (non-hydrogen) atoms. The van der Waals surface area contributed by atoms with Crippen LogP contribution < -0.4 is 10.6 Å². The maximum absolute atomic E-state index is 11.3. The molecule has 0 aliphatic rings. The van der Waals surface area contributed by atoms with Crippen molar-refractivity contribution in [1.29, 1.82) is 0 Å². The number of nitrogens with one attached hydrogen (secondary N) is 2. The number of pyridine rings is 1. The van der Waals surface area contributed by atoms with E-state index in [1.165, 1.54) is 6.92 Å². The Morgan fingerprint density at radius 2 is 2.06 bits per heavy atom. The van der Waals surface area contributed by atoms with Gasteiger partial charge in [-0.1, -0.05) is 0 Å². The highest BCUT2D eigenvalue weighted by atomic mass is 16.4. The minimum Gasteiger partial charge on any atom is -0.480 e. The van der Waals surface area contributed by atoms with Gasteiger partial charge in [0.1, 0.15) is 6.04 Å². The number of rotatable bonds is 5. The molecule has 1 rings (SSSR count). The molecule has 0 spiro atoms. The summed E-state index contributed by atoms with van der Waals surface area (Å²) in [5.41, 5.74) is 1.06. The first-order chi connectivity index (χ1) is 8.09. The second-order valence-corrected chi connectivity index (χ2v) is 3.57. The molecule has 0 radical (unpaired) electrons. The second kappa shape index (κ2) is 6.47. The number of urea groups is 1. The van der Waals surface area contributed by atoms with Gasteiger partial charge in [-0.3, -0.25) is 9.78 Å². The van der Waals surface area contributed by atoms with Gasteiger partial charge in [-0.2, -0.15) is 0 Å². The summed E-state index contributed by atoms with van der Waals surface area (Å²) < 4.78 is 0. The largest absolute Gasteiger partial charge is 0.480 e. The SMILES string of the molecule is C[C@@H](NC(=O)NCCc1ccncc1)C(=O)O. The lowest BCUT2D eigenvalue weighted by Crippen LogP contribution is -2.44. The summed E-state index contributed by atoms with van der Waals surface area (Å²) in [6.07, 6.45) is 4.04. The predicted molar refractivity (Wildman–Crippen MR) is 61.6 cm³/mol. The summed E-state index contributed by atoms with van der Waals surface area (Å²) in [6, 6.07) is 2.35. The number of aromatic nitrogens is 1. The summed E-state index contributed by atoms with van der Waals surface area (Å²) >= 11 is 0. The van der Waals surface area contributed by atoms with Crippen molar-refractivity contribution in [2.45, 2.75) is 19.4 Å². The molecule has 1 heterocycles. The van der Waals surface area contributed by atoms with Crippen molar-refractivity contribution >= 4 is 12.0 Å². The smallest absolute Gasteiger partial charge is 0.325 e. The fourth-order valence-electron chi connectivity index (χ4n) is 1.18. The highest BCUT2D eigenvalue weighted by molar-refractivity contribution is 5.82. The Bertz CT molecular complexity index is 381. The summed E-state index contributed by atoms with van der Waals surface area (Å²) in [4.78, 5) is 25.6. The van der Waals surface area contributed by atoms with Gasteiger partial charge in [0.05, 0.1) is 0 Å². The van der Waals surface area contributed by atoms with Crippen molar-refractivity contribution in [2.24, 2.45) is 0 Å². The standard InChI is InChI=1S/C11H15N3O3/c1-8(10(15)16)14-11(17)13-7-4-9-2-5-12-6-3-9/h2-3,5-6,8H,4,7H2,1H3,(H,15,16)(H2,13,14,17)/t8-/m1/s1. The Morgan fingerprint density at radius 3 is 2.65 bits per heavy atom. The molecule has 1 aromatic rings. The van der Waals surface area contributed by atoms with E-state index in [1.807, 2.05) is 12.1 Å². The number of nitrogens with zero attached hydrogens (tertiary/aromatic N) is 1. The van der Waals surface area contributed by atoms with Crippen molar-refractivity contribution in [3.05, 3.63) is 30.1 Å². The van der Waals surface area contributed by atoms with Crippen molar-refractivity contribution in [3.8, 4) is 0 Å². The average Bonchev–Trinajstić information content (AvgIpc) is 2.30. The molecule has 0 fully saturated rings. The number of carboxylic acid groups (broad SMARTS) is 1. The predicted octanol–water partition coefficient (Wildman–Crippen LogP) is 0.396. The van der Waals surface area contributed by atoms with Crippen molar-refractivity contribution < 1.29 is 14.7 Å². The Balaban J connectivity index is 2.23. The van der Waals surface area contributed by atoms with E-state index in [9.17, 15) is 9.59 Å². The van der Waals surface area contributed by atoms with Crippen LogP contribution in [0, 0.1) is 0 Å². The molecule has 0 aliphatic heterocycles. The zero-order valence-electron chi connectivity index (χ0n) is 9.51. The van der Waals surface area contributed by atoms with Crippen LogP contribution >= 0.6 is 0 Å². The fourth-order valence-corrected chi connectivity index (χ4v) is 1.18. The second-order valence-electron chi connectivity index (χ2n) is 3.57. The molecule has 1 atom stereocenters. The molecule has 3 N–H and O–H groups in total. The first-order valence-electron chi connectivity index (χ1n) is 5.25. The number of carbonyl (C=O) groups excluding carboxylic acids is 1. The van der Waals surface area contributed by atoms with E-state index < -0.39 is 18.0 Å². The van der Waals surface area contributed by atoms with E-state index in [1.54, 1.807) is 12.4 Å². The van der Waals surface area contributed by atoms with Crippen LogP contribution in [0.25, 0.3) is 0 Å². The van der Waals surface area contributed by atoms with Crippen LogP contribution in [0.15, 0.2) is 24.5 Å². The number of hydrogen-bond acceptors (Lipinski definition) is 3. The summed E-state index contributed by atoms with van der Waals surface area (Å²) in [7, 11) is 0. The molecule has 1 aromatic heterocycles. The van der Waals surface area contributed by atoms with Gasteiger partial charge in [-0.05, 0) is 31.0 Å². The monoisotopic (exact) mass is 237 g/mol. The molecular formula is C11H15N3O3. The van der Waals surface area contributed by atoms with E-state index in [4.69, 9.17) is 5.11 Å². The molecule has 92 valence electrons. The zero-order valence-corrected chi connectivity index (χ0v) is 9.51. The van der Waals surface area contributed by atoms with Gasteiger partial charge in [-0.15, -0.1) is 0 Å². The van der Waals surface area contributed by atoms with E-state index in [0.29, 0.717) is 13.0 Å². The highest BCUT2D eigenvalue weighted by Gasteiger charge is 2.12. The van der Waals surface area contributed by atoms with Crippen LogP contribution in [0.3, 0.4) is 0 Å². The quantitative estimate of drug-likeness (QED) is 0.691. The highest BCUT2D eigenvalue weighted by Crippen LogP contribution is 1.95. The van der Waals surface area contributed by atoms with Crippen molar-refractivity contribution in [1.82, 2.24) is 15.6 Å². The average molecular weight is 237 g/mol. The fraction of sp³-hybridized carbons (Fsp3) is 0.364. The number of aliphatic carboxylic acids is 1. The van der Waals surface area contributed by atoms with Gasteiger partial charge >= 0.3 is 12.0 Å². The minimum atomic E-state index is -1.06. The number of carbonyl (C=O) groups is 2. The van der Waals surface area contributed by atoms with E-state index in [2.05, 4.69) is 15.6 Å². The summed E-state index contributed by atoms with van der Waals surface area (Å²) in [5.74, 6) is -1.06. The molecule has 6 heteroatoms. The lowest BCUT2D eigenvalue weighted by atomic mass is 10.2. The van der Waals surface area contributed by atoms with Crippen LogP contribution in [0.2, 0.25) is 0 Å². The molecule has 0 unspecified atom stereocenters. The summed E-state index contributed by atoms with van der Waals surface area (Å²) in [6.45, 7) is 1.85. The molecule has 0 aliphatic carbocycles. The maximum atomic E-state index is 11.3. The van der Waals surface area contributed by atoms with Crippen LogP contribution in [-0.2, 0) is 11.2 Å². The van der Waals surface area contributed by atoms with Gasteiger partial charge in [0.15, 0.2) is 0 Å². The first kappa shape index (κ1) is 13.0. The van der Waals surface area contributed by atoms with Gasteiger partial charge in [0.25, 0.3) is 0 Å². The minimum absolute atomic E-state index is 0.447. The lowest BCUT2D eigenvalue weighted by Gasteiger charge is -2.10. The Hall–Kier alpha value is -2.11. The van der Waals surface area contributed by atoms with Crippen LogP contribution in [-0.4, -0.2) is 34.7 Å².